The number of rotatable bonds is 5. The number of aromatic amines is 1. The predicted molar refractivity (Wildman–Crippen MR) is 120 cm³/mol. The number of halogens is 2. The summed E-state index contributed by atoms with van der Waals surface area (Å²) in [7, 11) is 0. The zero-order valence-electron chi connectivity index (χ0n) is 18.4. The number of likely N-dealkylation sites (tertiary alicyclic amines) is 1. The van der Waals surface area contributed by atoms with E-state index < -0.39 is 13.0 Å². The Kier molecular flexibility index (Phi) is 4.89. The third-order valence-electron chi connectivity index (χ3n) is 6.91. The molecule has 34 heavy (non-hydrogen) atoms. The van der Waals surface area contributed by atoms with Crippen LogP contribution < -0.4 is 5.32 Å². The molecule has 176 valence electrons. The summed E-state index contributed by atoms with van der Waals surface area (Å²) in [5.74, 6) is 1.75. The van der Waals surface area contributed by atoms with Gasteiger partial charge in [0.2, 0.25) is 11.9 Å². The molecule has 1 aliphatic heterocycles. The van der Waals surface area contributed by atoms with Crippen LogP contribution in [0.15, 0.2) is 24.5 Å². The zero-order valence-corrected chi connectivity index (χ0v) is 18.4. The second-order valence-electron chi connectivity index (χ2n) is 9.12. The van der Waals surface area contributed by atoms with E-state index in [0.717, 1.165) is 41.6 Å². The maximum Gasteiger partial charge on any atom is 0.258 e. The van der Waals surface area contributed by atoms with Gasteiger partial charge in [-0.15, -0.1) is 5.10 Å². The second kappa shape index (κ2) is 7.96. The average Bonchev–Trinajstić information content (AvgIpc) is 3.55. The molecule has 10 nitrogen and oxygen atoms in total. The van der Waals surface area contributed by atoms with Crippen molar-refractivity contribution in [2.75, 3.05) is 18.4 Å². The molecule has 0 spiro atoms. The summed E-state index contributed by atoms with van der Waals surface area (Å²) in [4.78, 5) is 30.4. The average molecular weight is 467 g/mol. The second-order valence-corrected chi connectivity index (χ2v) is 9.12. The van der Waals surface area contributed by atoms with Crippen molar-refractivity contribution in [3.8, 4) is 11.3 Å². The number of amides is 1. The molecule has 4 aromatic heterocycles. The molecule has 6 rings (SSSR count). The number of nitrogens with one attached hydrogen (secondary N) is 2. The Hall–Kier alpha value is -3.70. The van der Waals surface area contributed by atoms with E-state index in [2.05, 4.69) is 35.6 Å². The number of carbonyl (C=O) groups is 1. The fourth-order valence-corrected chi connectivity index (χ4v) is 5.30. The van der Waals surface area contributed by atoms with Gasteiger partial charge in [-0.1, -0.05) is 5.21 Å². The highest BCUT2D eigenvalue weighted by molar-refractivity contribution is 5.93. The molecule has 1 saturated carbocycles. The van der Waals surface area contributed by atoms with Crippen molar-refractivity contribution in [1.29, 1.82) is 0 Å². The topological polar surface area (TPSA) is 118 Å². The van der Waals surface area contributed by atoms with Crippen LogP contribution in [0.3, 0.4) is 0 Å². The minimum atomic E-state index is -2.55. The molecule has 0 bridgehead atoms. The van der Waals surface area contributed by atoms with Gasteiger partial charge in [0.1, 0.15) is 17.7 Å². The van der Waals surface area contributed by atoms with Crippen LogP contribution in [0.5, 0.6) is 0 Å². The van der Waals surface area contributed by atoms with E-state index in [1.54, 1.807) is 31.5 Å². The molecule has 1 aliphatic carbocycles. The first-order valence-corrected chi connectivity index (χ1v) is 11.3. The molecular weight excluding hydrogens is 444 g/mol. The number of H-pyrrole nitrogens is 1. The number of pyridine rings is 1. The van der Waals surface area contributed by atoms with Crippen LogP contribution in [0.2, 0.25) is 0 Å². The number of carbonyl (C=O) groups excluding carboxylic acids is 1. The van der Waals surface area contributed by atoms with Crippen LogP contribution in [-0.4, -0.2) is 71.3 Å². The summed E-state index contributed by atoms with van der Waals surface area (Å²) in [6.07, 6.45) is 2.97. The van der Waals surface area contributed by atoms with Gasteiger partial charge in [0.25, 0.3) is 6.43 Å². The van der Waals surface area contributed by atoms with E-state index in [4.69, 9.17) is 0 Å². The lowest BCUT2D eigenvalue weighted by atomic mass is 10.0. The molecule has 0 aromatic carbocycles. The number of aromatic nitrogens is 7. The van der Waals surface area contributed by atoms with Crippen molar-refractivity contribution in [1.82, 2.24) is 39.8 Å². The molecule has 2 fully saturated rings. The van der Waals surface area contributed by atoms with Crippen LogP contribution >= 0.6 is 0 Å². The molecule has 4 aromatic rings. The highest BCUT2D eigenvalue weighted by Crippen LogP contribution is 2.39. The first kappa shape index (κ1) is 20.9. The number of hydrogen-bond donors (Lipinski definition) is 2. The van der Waals surface area contributed by atoms with Crippen molar-refractivity contribution in [2.45, 2.75) is 38.8 Å². The first-order chi connectivity index (χ1) is 16.4. The maximum absolute atomic E-state index is 12.8. The minimum absolute atomic E-state index is 0.152. The maximum atomic E-state index is 12.8. The summed E-state index contributed by atoms with van der Waals surface area (Å²) in [5, 5.41) is 11.9. The third kappa shape index (κ3) is 3.62. The smallest absolute Gasteiger partial charge is 0.258 e. The van der Waals surface area contributed by atoms with E-state index in [1.807, 2.05) is 4.90 Å². The quantitative estimate of drug-likeness (QED) is 0.463. The van der Waals surface area contributed by atoms with Crippen LogP contribution in [-0.2, 0) is 11.3 Å². The lowest BCUT2D eigenvalue weighted by Gasteiger charge is -2.18. The van der Waals surface area contributed by atoms with Crippen LogP contribution in [0.1, 0.15) is 19.8 Å². The monoisotopic (exact) mass is 467 g/mol. The molecule has 1 saturated heterocycles. The van der Waals surface area contributed by atoms with Crippen molar-refractivity contribution in [3.05, 3.63) is 24.5 Å². The molecule has 1 amide bonds. The molecule has 5 heterocycles. The fraction of sp³-hybridized carbons (Fsp3) is 0.455. The highest BCUT2D eigenvalue weighted by atomic mass is 19.3. The largest absolute Gasteiger partial charge is 0.351 e. The number of hydrogen-bond acceptors (Lipinski definition) is 7. The van der Waals surface area contributed by atoms with Crippen LogP contribution in [0.25, 0.3) is 33.5 Å². The highest BCUT2D eigenvalue weighted by Gasteiger charge is 2.41. The summed E-state index contributed by atoms with van der Waals surface area (Å²) in [5.41, 5.74) is 2.79. The fourth-order valence-electron chi connectivity index (χ4n) is 5.30. The standard InChI is InChI=1S/C22H23F2N9O/c1-11(34)32-8-12-4-14(5-13(12)9-32)27-22-26-7-16-15(6-25-20(16)29-22)17-2-3-18-21(28-17)33(31-30-18)10-19(23)24/h2-3,6-7,12-14,19H,4-5,8-10H2,1H3,(H2,25,26,27,29)/t12-,13+,14-. The summed E-state index contributed by atoms with van der Waals surface area (Å²) in [6.45, 7) is 2.74. The van der Waals surface area contributed by atoms with E-state index >= 15 is 0 Å². The van der Waals surface area contributed by atoms with Gasteiger partial charge >= 0.3 is 0 Å². The lowest BCUT2D eigenvalue weighted by molar-refractivity contribution is -0.128. The molecule has 3 atom stereocenters. The Morgan fingerprint density at radius 1 is 1.24 bits per heavy atom. The van der Waals surface area contributed by atoms with Crippen molar-refractivity contribution < 1.29 is 13.6 Å². The number of anilines is 1. The Balaban J connectivity index is 1.21. The van der Waals surface area contributed by atoms with Gasteiger partial charge in [-0.25, -0.2) is 23.4 Å². The molecular formula is C22H23F2N9O. The van der Waals surface area contributed by atoms with Crippen molar-refractivity contribution in [2.24, 2.45) is 11.8 Å². The van der Waals surface area contributed by atoms with Gasteiger partial charge in [-0.2, -0.15) is 4.98 Å². The molecule has 2 aliphatic rings. The van der Waals surface area contributed by atoms with Gasteiger partial charge in [0.15, 0.2) is 5.65 Å². The van der Waals surface area contributed by atoms with E-state index in [9.17, 15) is 13.6 Å². The van der Waals surface area contributed by atoms with Gasteiger partial charge in [-0.05, 0) is 36.8 Å². The van der Waals surface area contributed by atoms with Crippen molar-refractivity contribution >= 4 is 34.1 Å². The molecule has 12 heteroatoms. The Bertz CT molecular complexity index is 1370. The van der Waals surface area contributed by atoms with E-state index in [1.165, 1.54) is 0 Å². The minimum Gasteiger partial charge on any atom is -0.351 e. The van der Waals surface area contributed by atoms with E-state index in [0.29, 0.717) is 40.3 Å². The lowest BCUT2D eigenvalue weighted by Crippen LogP contribution is -2.29. The predicted octanol–water partition coefficient (Wildman–Crippen LogP) is 2.70. The van der Waals surface area contributed by atoms with Crippen molar-refractivity contribution in [3.63, 3.8) is 0 Å². The summed E-state index contributed by atoms with van der Waals surface area (Å²) >= 11 is 0. The normalized spacial score (nSPS) is 22.2. The van der Waals surface area contributed by atoms with Gasteiger partial charge in [0.05, 0.1) is 5.69 Å². The molecule has 2 N–H and O–H groups in total. The first-order valence-electron chi connectivity index (χ1n) is 11.3. The molecule has 0 radical (unpaired) electrons. The van der Waals surface area contributed by atoms with Gasteiger partial charge in [-0.3, -0.25) is 4.79 Å². The SMILES string of the molecule is CC(=O)N1C[C@H]2C[C@@H](Nc3ncc4c(-c5ccc6nnn(CC(F)F)c6n5)c[nH]c4n3)C[C@H]2C1. The zero-order chi connectivity index (χ0) is 23.4. The van der Waals surface area contributed by atoms with E-state index in [-0.39, 0.29) is 11.9 Å². The van der Waals surface area contributed by atoms with Gasteiger partial charge < -0.3 is 15.2 Å². The molecule has 0 unspecified atom stereocenters. The van der Waals surface area contributed by atoms with Crippen LogP contribution in [0.4, 0.5) is 14.7 Å². The summed E-state index contributed by atoms with van der Waals surface area (Å²) < 4.78 is 26.8. The Morgan fingerprint density at radius 3 is 2.76 bits per heavy atom. The van der Waals surface area contributed by atoms with Crippen LogP contribution in [0, 0.1) is 11.8 Å². The number of nitrogens with zero attached hydrogens (tertiary/aromatic N) is 7. The Labute approximate surface area is 192 Å². The summed E-state index contributed by atoms with van der Waals surface area (Å²) in [6, 6.07) is 3.77. The third-order valence-corrected chi connectivity index (χ3v) is 6.91. The Morgan fingerprint density at radius 2 is 2.03 bits per heavy atom. The number of alkyl halides is 2. The number of fused-ring (bicyclic) bond motifs is 3. The van der Waals surface area contributed by atoms with Gasteiger partial charge in [0, 0.05) is 49.4 Å².